The first-order valence-corrected chi connectivity index (χ1v) is 5.57. The lowest BCUT2D eigenvalue weighted by Crippen LogP contribution is -2.14. The summed E-state index contributed by atoms with van der Waals surface area (Å²) in [5, 5.41) is 7.61. The maximum absolute atomic E-state index is 4.98. The van der Waals surface area contributed by atoms with E-state index in [-0.39, 0.29) is 0 Å². The van der Waals surface area contributed by atoms with Crippen LogP contribution in [0.1, 0.15) is 25.3 Å². The van der Waals surface area contributed by atoms with Gasteiger partial charge in [0, 0.05) is 38.6 Å². The first kappa shape index (κ1) is 12.2. The summed E-state index contributed by atoms with van der Waals surface area (Å²) in [7, 11) is 1.74. The van der Waals surface area contributed by atoms with E-state index in [9.17, 15) is 0 Å². The number of aromatic nitrogens is 2. The van der Waals surface area contributed by atoms with E-state index in [4.69, 9.17) is 4.74 Å². The van der Waals surface area contributed by atoms with E-state index in [1.54, 1.807) is 7.11 Å². The van der Waals surface area contributed by atoms with Crippen LogP contribution in [-0.4, -0.2) is 30.0 Å². The molecule has 1 aromatic rings. The summed E-state index contributed by atoms with van der Waals surface area (Å²) in [5.74, 6) is 0. The molecule has 0 amide bonds. The van der Waals surface area contributed by atoms with Crippen LogP contribution in [0.5, 0.6) is 0 Å². The number of nitrogens with zero attached hydrogens (tertiary/aromatic N) is 2. The zero-order valence-corrected chi connectivity index (χ0v) is 9.70. The van der Waals surface area contributed by atoms with Crippen molar-refractivity contribution in [3.8, 4) is 0 Å². The van der Waals surface area contributed by atoms with Crippen molar-refractivity contribution >= 4 is 0 Å². The minimum Gasteiger partial charge on any atom is -0.385 e. The smallest absolute Gasteiger partial charge is 0.0534 e. The molecule has 0 aliphatic carbocycles. The minimum absolute atomic E-state index is 0.857. The molecule has 0 unspecified atom stereocenters. The molecule has 1 heterocycles. The molecule has 1 N–H and O–H groups in total. The van der Waals surface area contributed by atoms with Gasteiger partial charge in [-0.15, -0.1) is 0 Å². The van der Waals surface area contributed by atoms with Gasteiger partial charge in [-0.3, -0.25) is 4.68 Å². The third kappa shape index (κ3) is 4.95. The fourth-order valence-corrected chi connectivity index (χ4v) is 1.40. The molecule has 0 aromatic carbocycles. The monoisotopic (exact) mass is 211 g/mol. The highest BCUT2D eigenvalue weighted by Gasteiger charge is 1.96. The Morgan fingerprint density at radius 2 is 2.33 bits per heavy atom. The molecule has 4 nitrogen and oxygen atoms in total. The van der Waals surface area contributed by atoms with Crippen molar-refractivity contribution in [2.45, 2.75) is 32.9 Å². The summed E-state index contributed by atoms with van der Waals surface area (Å²) < 4.78 is 6.93. The van der Waals surface area contributed by atoms with E-state index in [0.29, 0.717) is 0 Å². The van der Waals surface area contributed by atoms with Crippen molar-refractivity contribution in [2.24, 2.45) is 0 Å². The Labute approximate surface area is 91.6 Å². The molecule has 0 spiro atoms. The van der Waals surface area contributed by atoms with Gasteiger partial charge in [0.05, 0.1) is 6.20 Å². The van der Waals surface area contributed by atoms with Gasteiger partial charge in [0.2, 0.25) is 0 Å². The van der Waals surface area contributed by atoms with Crippen LogP contribution in [0.15, 0.2) is 12.4 Å². The largest absolute Gasteiger partial charge is 0.385 e. The fraction of sp³-hybridized carbons (Fsp3) is 0.727. The Morgan fingerprint density at radius 1 is 1.47 bits per heavy atom. The average Bonchev–Trinajstić information content (AvgIpc) is 2.71. The number of hydrogen-bond donors (Lipinski definition) is 1. The normalized spacial score (nSPS) is 10.8. The van der Waals surface area contributed by atoms with Crippen LogP contribution in [0, 0.1) is 0 Å². The Bertz CT molecular complexity index is 260. The molecule has 0 bridgehead atoms. The van der Waals surface area contributed by atoms with Gasteiger partial charge in [0.15, 0.2) is 0 Å². The number of aryl methyl sites for hydroxylation is 1. The first-order valence-electron chi connectivity index (χ1n) is 5.57. The van der Waals surface area contributed by atoms with E-state index in [2.05, 4.69) is 23.5 Å². The zero-order valence-electron chi connectivity index (χ0n) is 9.70. The van der Waals surface area contributed by atoms with Crippen molar-refractivity contribution in [3.63, 3.8) is 0 Å². The molecule has 86 valence electrons. The van der Waals surface area contributed by atoms with Crippen LogP contribution in [0.4, 0.5) is 0 Å². The van der Waals surface area contributed by atoms with Crippen molar-refractivity contribution in [1.82, 2.24) is 15.1 Å². The van der Waals surface area contributed by atoms with Crippen LogP contribution in [-0.2, 0) is 17.8 Å². The molecular weight excluding hydrogens is 190 g/mol. The average molecular weight is 211 g/mol. The number of methoxy groups -OCH3 is 1. The molecule has 0 atom stereocenters. The molecule has 0 aliphatic heterocycles. The van der Waals surface area contributed by atoms with Gasteiger partial charge in [-0.05, 0) is 26.3 Å². The Balaban J connectivity index is 2.04. The summed E-state index contributed by atoms with van der Waals surface area (Å²) in [6, 6.07) is 0. The molecule has 1 aromatic heterocycles. The van der Waals surface area contributed by atoms with Gasteiger partial charge in [0.1, 0.15) is 0 Å². The molecule has 1 rings (SSSR count). The number of nitrogens with one attached hydrogen (secondary N) is 1. The van der Waals surface area contributed by atoms with Crippen molar-refractivity contribution < 1.29 is 4.74 Å². The van der Waals surface area contributed by atoms with Crippen LogP contribution in [0.25, 0.3) is 0 Å². The Hall–Kier alpha value is -0.870. The summed E-state index contributed by atoms with van der Waals surface area (Å²) in [6.07, 6.45) is 6.29. The quantitative estimate of drug-likeness (QED) is 0.661. The van der Waals surface area contributed by atoms with E-state index in [1.165, 1.54) is 5.56 Å². The lowest BCUT2D eigenvalue weighted by Gasteiger charge is -2.02. The maximum Gasteiger partial charge on any atom is 0.0534 e. The van der Waals surface area contributed by atoms with Crippen molar-refractivity contribution in [3.05, 3.63) is 18.0 Å². The van der Waals surface area contributed by atoms with Crippen LogP contribution in [0.3, 0.4) is 0 Å². The maximum atomic E-state index is 4.98. The highest BCUT2D eigenvalue weighted by atomic mass is 16.5. The number of rotatable bonds is 8. The van der Waals surface area contributed by atoms with Crippen molar-refractivity contribution in [2.75, 3.05) is 20.3 Å². The predicted octanol–water partition coefficient (Wildman–Crippen LogP) is 1.42. The SMILES string of the molecule is CCn1cc(CNCCCCOC)cn1. The molecule has 0 saturated carbocycles. The lowest BCUT2D eigenvalue weighted by atomic mass is 10.3. The number of unbranched alkanes of at least 4 members (excludes halogenated alkanes) is 1. The second-order valence-corrected chi connectivity index (χ2v) is 3.58. The first-order chi connectivity index (χ1) is 7.36. The highest BCUT2D eigenvalue weighted by molar-refractivity contribution is 5.02. The van der Waals surface area contributed by atoms with E-state index < -0.39 is 0 Å². The van der Waals surface area contributed by atoms with Gasteiger partial charge >= 0.3 is 0 Å². The third-order valence-electron chi connectivity index (χ3n) is 2.29. The Kier molecular flexibility index (Phi) is 6.04. The molecule has 0 fully saturated rings. The molecule has 15 heavy (non-hydrogen) atoms. The van der Waals surface area contributed by atoms with E-state index in [1.807, 2.05) is 10.9 Å². The topological polar surface area (TPSA) is 39.1 Å². The summed E-state index contributed by atoms with van der Waals surface area (Å²) in [4.78, 5) is 0. The summed E-state index contributed by atoms with van der Waals surface area (Å²) >= 11 is 0. The standard InChI is InChI=1S/C11H21N3O/c1-3-14-10-11(9-13-14)8-12-6-4-5-7-15-2/h9-10,12H,3-8H2,1-2H3. The minimum atomic E-state index is 0.857. The Morgan fingerprint density at radius 3 is 3.00 bits per heavy atom. The van der Waals surface area contributed by atoms with Gasteiger partial charge in [-0.2, -0.15) is 5.10 Å². The molecular formula is C11H21N3O. The third-order valence-corrected chi connectivity index (χ3v) is 2.29. The predicted molar refractivity (Wildman–Crippen MR) is 60.7 cm³/mol. The second kappa shape index (κ2) is 7.43. The summed E-state index contributed by atoms with van der Waals surface area (Å²) in [5.41, 5.74) is 1.25. The number of ether oxygens (including phenoxy) is 1. The lowest BCUT2D eigenvalue weighted by molar-refractivity contribution is 0.192. The van der Waals surface area contributed by atoms with Crippen molar-refractivity contribution in [1.29, 1.82) is 0 Å². The second-order valence-electron chi connectivity index (χ2n) is 3.58. The van der Waals surface area contributed by atoms with Crippen LogP contribution < -0.4 is 5.32 Å². The van der Waals surface area contributed by atoms with Gasteiger partial charge < -0.3 is 10.1 Å². The van der Waals surface area contributed by atoms with Gasteiger partial charge in [0.25, 0.3) is 0 Å². The molecule has 0 radical (unpaired) electrons. The zero-order chi connectivity index (χ0) is 10.9. The number of hydrogen-bond acceptors (Lipinski definition) is 3. The van der Waals surface area contributed by atoms with Crippen LogP contribution >= 0.6 is 0 Å². The molecule has 4 heteroatoms. The summed E-state index contributed by atoms with van der Waals surface area (Å²) in [6.45, 7) is 5.84. The van der Waals surface area contributed by atoms with Crippen LogP contribution in [0.2, 0.25) is 0 Å². The van der Waals surface area contributed by atoms with Gasteiger partial charge in [-0.25, -0.2) is 0 Å². The van der Waals surface area contributed by atoms with E-state index >= 15 is 0 Å². The molecule has 0 saturated heterocycles. The van der Waals surface area contributed by atoms with E-state index in [0.717, 1.165) is 39.1 Å². The highest BCUT2D eigenvalue weighted by Crippen LogP contribution is 1.97. The van der Waals surface area contributed by atoms with Gasteiger partial charge in [-0.1, -0.05) is 0 Å². The molecule has 0 aliphatic rings. The fourth-order valence-electron chi connectivity index (χ4n) is 1.40.